The van der Waals surface area contributed by atoms with Crippen LogP contribution in [0.5, 0.6) is 0 Å². The molecule has 0 aliphatic heterocycles. The van der Waals surface area contributed by atoms with Gasteiger partial charge in [-0.15, -0.1) is 22.7 Å². The van der Waals surface area contributed by atoms with Crippen molar-refractivity contribution >= 4 is 40.0 Å². The summed E-state index contributed by atoms with van der Waals surface area (Å²) in [6.45, 7) is 1.97. The van der Waals surface area contributed by atoms with E-state index < -0.39 is 0 Å². The van der Waals surface area contributed by atoms with Gasteiger partial charge < -0.3 is 5.73 Å². The molecule has 1 aromatic carbocycles. The fourth-order valence-corrected chi connectivity index (χ4v) is 4.40. The van der Waals surface area contributed by atoms with Crippen molar-refractivity contribution in [1.29, 1.82) is 5.26 Å². The fraction of sp³-hybridized carbons (Fsp3) is 0.0625. The second-order valence-electron chi connectivity index (χ2n) is 4.57. The molecule has 0 saturated heterocycles. The predicted molar refractivity (Wildman–Crippen MR) is 91.9 cm³/mol. The maximum absolute atomic E-state index is 9.28. The van der Waals surface area contributed by atoms with Crippen LogP contribution in [-0.4, -0.2) is 0 Å². The van der Waals surface area contributed by atoms with E-state index in [-0.39, 0.29) is 0 Å². The minimum absolute atomic E-state index is 0.533. The zero-order chi connectivity index (χ0) is 15.0. The molecule has 3 rings (SSSR count). The molecule has 0 atom stereocenters. The third kappa shape index (κ3) is 2.34. The number of hydrogen-bond acceptors (Lipinski definition) is 4. The van der Waals surface area contributed by atoms with E-state index in [1.165, 1.54) is 11.3 Å². The Bertz CT molecular complexity index is 842. The van der Waals surface area contributed by atoms with Crippen LogP contribution in [0, 0.1) is 18.3 Å². The minimum Gasteiger partial charge on any atom is -0.396 e. The molecule has 0 aliphatic rings. The molecule has 2 nitrogen and oxygen atoms in total. The van der Waals surface area contributed by atoms with E-state index in [0.29, 0.717) is 15.6 Å². The third-order valence-corrected chi connectivity index (χ3v) is 5.78. The van der Waals surface area contributed by atoms with Crippen molar-refractivity contribution in [3.63, 3.8) is 0 Å². The van der Waals surface area contributed by atoms with Gasteiger partial charge in [-0.2, -0.15) is 5.26 Å². The van der Waals surface area contributed by atoms with Crippen molar-refractivity contribution in [1.82, 2.24) is 0 Å². The average Bonchev–Trinajstić information content (AvgIpc) is 3.09. The smallest absolute Gasteiger partial charge is 0.129 e. The zero-order valence-electron chi connectivity index (χ0n) is 11.2. The molecule has 0 aliphatic carbocycles. The Labute approximate surface area is 136 Å². The molecular weight excluding hydrogens is 320 g/mol. The van der Waals surface area contributed by atoms with E-state index >= 15 is 0 Å². The second kappa shape index (κ2) is 5.53. The van der Waals surface area contributed by atoms with Crippen molar-refractivity contribution in [2.75, 3.05) is 5.73 Å². The number of thiophene rings is 2. The Morgan fingerprint density at radius 2 is 2.05 bits per heavy atom. The number of aryl methyl sites for hydroxylation is 1. The van der Waals surface area contributed by atoms with Gasteiger partial charge in [-0.3, -0.25) is 0 Å². The van der Waals surface area contributed by atoms with Crippen LogP contribution >= 0.6 is 34.3 Å². The summed E-state index contributed by atoms with van der Waals surface area (Å²) < 4.78 is 0. The van der Waals surface area contributed by atoms with Crippen LogP contribution in [0.15, 0.2) is 35.7 Å². The first-order valence-corrected chi connectivity index (χ1v) is 8.32. The lowest BCUT2D eigenvalue weighted by molar-refractivity contribution is 1.48. The second-order valence-corrected chi connectivity index (χ2v) is 6.92. The maximum Gasteiger partial charge on any atom is 0.129 e. The van der Waals surface area contributed by atoms with Crippen LogP contribution in [0.3, 0.4) is 0 Å². The summed E-state index contributed by atoms with van der Waals surface area (Å²) >= 11 is 9.46. The zero-order valence-corrected chi connectivity index (χ0v) is 13.6. The van der Waals surface area contributed by atoms with Crippen molar-refractivity contribution in [3.8, 4) is 27.0 Å². The van der Waals surface area contributed by atoms with E-state index in [1.807, 2.05) is 42.6 Å². The van der Waals surface area contributed by atoms with Gasteiger partial charge in [-0.05, 0) is 23.9 Å². The normalized spacial score (nSPS) is 10.5. The molecule has 0 radical (unpaired) electrons. The summed E-state index contributed by atoms with van der Waals surface area (Å²) in [5, 5.41) is 12.0. The molecular formula is C16H11ClN2S2. The highest BCUT2D eigenvalue weighted by Gasteiger charge is 2.21. The lowest BCUT2D eigenvalue weighted by Crippen LogP contribution is -1.88. The van der Waals surface area contributed by atoms with Crippen LogP contribution < -0.4 is 5.73 Å². The number of nitrogens with two attached hydrogens (primary N) is 1. The van der Waals surface area contributed by atoms with Gasteiger partial charge in [0.25, 0.3) is 0 Å². The first-order valence-electron chi connectivity index (χ1n) is 6.25. The standard InChI is InChI=1S/C16H11ClN2S2/c1-9-4-2-5-10(14(9)17)16-13(11-6-3-7-20-11)15(19)12(8-18)21-16/h2-7H,19H2,1H3. The van der Waals surface area contributed by atoms with Crippen LogP contribution in [0.2, 0.25) is 5.02 Å². The Morgan fingerprint density at radius 1 is 1.24 bits per heavy atom. The Morgan fingerprint density at radius 3 is 2.71 bits per heavy atom. The minimum atomic E-state index is 0.533. The molecule has 3 aromatic rings. The molecule has 0 spiro atoms. The van der Waals surface area contributed by atoms with Crippen molar-refractivity contribution in [2.24, 2.45) is 0 Å². The number of halogens is 1. The lowest BCUT2D eigenvalue weighted by atomic mass is 10.0. The van der Waals surface area contributed by atoms with Crippen molar-refractivity contribution in [2.45, 2.75) is 6.92 Å². The highest BCUT2D eigenvalue weighted by molar-refractivity contribution is 7.19. The summed E-state index contributed by atoms with van der Waals surface area (Å²) in [6.07, 6.45) is 0. The number of nitrogens with zero attached hydrogens (tertiary/aromatic N) is 1. The topological polar surface area (TPSA) is 49.8 Å². The highest BCUT2D eigenvalue weighted by Crippen LogP contribution is 2.48. The first kappa shape index (κ1) is 14.2. The number of hydrogen-bond donors (Lipinski definition) is 1. The average molecular weight is 331 g/mol. The predicted octanol–water partition coefficient (Wildman–Crippen LogP) is 5.56. The largest absolute Gasteiger partial charge is 0.396 e. The highest BCUT2D eigenvalue weighted by atomic mass is 35.5. The van der Waals surface area contributed by atoms with Crippen LogP contribution in [0.4, 0.5) is 5.69 Å². The Balaban J connectivity index is 2.33. The van der Waals surface area contributed by atoms with E-state index in [0.717, 1.165) is 26.4 Å². The van der Waals surface area contributed by atoms with E-state index in [9.17, 15) is 5.26 Å². The van der Waals surface area contributed by atoms with Gasteiger partial charge in [0, 0.05) is 20.9 Å². The summed E-state index contributed by atoms with van der Waals surface area (Å²) in [6, 6.07) is 12.1. The quantitative estimate of drug-likeness (QED) is 0.668. The lowest BCUT2D eigenvalue weighted by Gasteiger charge is -2.07. The van der Waals surface area contributed by atoms with E-state index in [4.69, 9.17) is 17.3 Å². The molecule has 2 heterocycles. The Hall–Kier alpha value is -1.80. The SMILES string of the molecule is Cc1cccc(-c2sc(C#N)c(N)c2-c2cccs2)c1Cl. The maximum atomic E-state index is 9.28. The molecule has 0 unspecified atom stereocenters. The van der Waals surface area contributed by atoms with Crippen LogP contribution in [-0.2, 0) is 0 Å². The Kier molecular flexibility index (Phi) is 3.73. The number of nitriles is 1. The summed E-state index contributed by atoms with van der Waals surface area (Å²) in [7, 11) is 0. The van der Waals surface area contributed by atoms with Gasteiger partial charge in [0.1, 0.15) is 10.9 Å². The van der Waals surface area contributed by atoms with Gasteiger partial charge in [0.2, 0.25) is 0 Å². The fourth-order valence-electron chi connectivity index (χ4n) is 2.20. The van der Waals surface area contributed by atoms with Crippen molar-refractivity contribution < 1.29 is 0 Å². The number of benzene rings is 1. The number of nitrogen functional groups attached to an aromatic ring is 1. The molecule has 0 amide bonds. The summed E-state index contributed by atoms with van der Waals surface area (Å²) in [5.74, 6) is 0. The molecule has 0 fully saturated rings. The first-order chi connectivity index (χ1) is 10.1. The van der Waals surface area contributed by atoms with Crippen LogP contribution in [0.1, 0.15) is 10.4 Å². The number of rotatable bonds is 2. The molecule has 2 N–H and O–H groups in total. The number of anilines is 1. The van der Waals surface area contributed by atoms with Gasteiger partial charge >= 0.3 is 0 Å². The van der Waals surface area contributed by atoms with Gasteiger partial charge in [0.15, 0.2) is 0 Å². The third-order valence-electron chi connectivity index (χ3n) is 3.25. The van der Waals surface area contributed by atoms with Crippen LogP contribution in [0.25, 0.3) is 20.9 Å². The molecule has 0 bridgehead atoms. The van der Waals surface area contributed by atoms with Gasteiger partial charge in [-0.1, -0.05) is 35.9 Å². The van der Waals surface area contributed by atoms with Gasteiger partial charge in [-0.25, -0.2) is 0 Å². The van der Waals surface area contributed by atoms with Crippen molar-refractivity contribution in [3.05, 3.63) is 51.2 Å². The molecule has 5 heteroatoms. The summed E-state index contributed by atoms with van der Waals surface area (Å²) in [5.41, 5.74) is 9.58. The molecule has 0 saturated carbocycles. The van der Waals surface area contributed by atoms with E-state index in [2.05, 4.69) is 6.07 Å². The summed E-state index contributed by atoms with van der Waals surface area (Å²) in [4.78, 5) is 2.55. The monoisotopic (exact) mass is 330 g/mol. The van der Waals surface area contributed by atoms with E-state index in [1.54, 1.807) is 11.3 Å². The van der Waals surface area contributed by atoms with Gasteiger partial charge in [0.05, 0.1) is 10.7 Å². The molecule has 104 valence electrons. The molecule has 21 heavy (non-hydrogen) atoms. The molecule has 2 aromatic heterocycles.